The third-order valence-corrected chi connectivity index (χ3v) is 2.15. The molecule has 1 aromatic rings. The molecule has 15 heavy (non-hydrogen) atoms. The van der Waals surface area contributed by atoms with Gasteiger partial charge in [-0.1, -0.05) is 11.6 Å². The summed E-state index contributed by atoms with van der Waals surface area (Å²) in [5, 5.41) is 8.08. The second-order valence-corrected chi connectivity index (χ2v) is 3.91. The van der Waals surface area contributed by atoms with E-state index in [2.05, 4.69) is 21.7 Å². The molecule has 0 saturated heterocycles. The van der Waals surface area contributed by atoms with Gasteiger partial charge in [-0.15, -0.1) is 0 Å². The second-order valence-electron chi connectivity index (χ2n) is 3.91. The molecule has 0 amide bonds. The summed E-state index contributed by atoms with van der Waals surface area (Å²) in [6.07, 6.45) is 2.07. The minimum Gasteiger partial charge on any atom is -0.271 e. The molecule has 0 aliphatic rings. The van der Waals surface area contributed by atoms with E-state index in [0.29, 0.717) is 0 Å². The minimum absolute atomic E-state index is 0.00389. The zero-order valence-electron chi connectivity index (χ0n) is 9.70. The van der Waals surface area contributed by atoms with E-state index in [4.69, 9.17) is 5.84 Å². The number of hydrogen-bond acceptors (Lipinski definition) is 4. The number of aromatic nitrogens is 2. The van der Waals surface area contributed by atoms with Crippen LogP contribution in [0.1, 0.15) is 36.8 Å². The smallest absolute Gasteiger partial charge is 0.0662 e. The fraction of sp³-hybridized carbons (Fsp3) is 0.455. The molecule has 82 valence electrons. The summed E-state index contributed by atoms with van der Waals surface area (Å²) in [7, 11) is 0. The quantitative estimate of drug-likeness (QED) is 0.447. The lowest BCUT2D eigenvalue weighted by atomic mass is 10.0. The second kappa shape index (κ2) is 5.00. The number of hydrogen-bond donors (Lipinski definition) is 2. The van der Waals surface area contributed by atoms with Crippen LogP contribution in [0.5, 0.6) is 0 Å². The van der Waals surface area contributed by atoms with Gasteiger partial charge in [0.25, 0.3) is 0 Å². The van der Waals surface area contributed by atoms with Gasteiger partial charge in [0.15, 0.2) is 0 Å². The Kier molecular flexibility index (Phi) is 3.94. The van der Waals surface area contributed by atoms with Gasteiger partial charge in [-0.2, -0.15) is 10.2 Å². The number of rotatable bonds is 3. The fourth-order valence-electron chi connectivity index (χ4n) is 1.45. The maximum atomic E-state index is 5.53. The summed E-state index contributed by atoms with van der Waals surface area (Å²) in [4.78, 5) is 0. The molecule has 1 aromatic heterocycles. The van der Waals surface area contributed by atoms with Crippen molar-refractivity contribution in [1.29, 1.82) is 0 Å². The molecule has 1 rings (SSSR count). The molecule has 0 spiro atoms. The van der Waals surface area contributed by atoms with Crippen LogP contribution in [0.25, 0.3) is 0 Å². The van der Waals surface area contributed by atoms with Crippen molar-refractivity contribution in [3.63, 3.8) is 0 Å². The number of aryl methyl sites for hydroxylation is 2. The van der Waals surface area contributed by atoms with Gasteiger partial charge in [0.2, 0.25) is 0 Å². The lowest BCUT2D eigenvalue weighted by molar-refractivity contribution is 0.640. The minimum atomic E-state index is 0.00389. The van der Waals surface area contributed by atoms with E-state index in [-0.39, 0.29) is 6.04 Å². The van der Waals surface area contributed by atoms with Crippen LogP contribution in [-0.4, -0.2) is 10.2 Å². The van der Waals surface area contributed by atoms with E-state index < -0.39 is 0 Å². The Labute approximate surface area is 90.6 Å². The summed E-state index contributed by atoms with van der Waals surface area (Å²) in [5.41, 5.74) is 6.87. The zero-order valence-corrected chi connectivity index (χ0v) is 9.70. The molecule has 1 heterocycles. The number of nitrogens with two attached hydrogens (primary N) is 1. The van der Waals surface area contributed by atoms with Crippen molar-refractivity contribution in [2.45, 2.75) is 33.7 Å². The maximum absolute atomic E-state index is 5.53. The monoisotopic (exact) mass is 206 g/mol. The molecule has 0 aliphatic carbocycles. The van der Waals surface area contributed by atoms with E-state index in [1.54, 1.807) is 0 Å². The number of allylic oxidation sites excluding steroid dienone is 1. The van der Waals surface area contributed by atoms with Crippen molar-refractivity contribution in [2.24, 2.45) is 5.84 Å². The molecular weight excluding hydrogens is 188 g/mol. The number of nitrogens with zero attached hydrogens (tertiary/aromatic N) is 2. The van der Waals surface area contributed by atoms with E-state index in [9.17, 15) is 0 Å². The van der Waals surface area contributed by atoms with Crippen LogP contribution in [0, 0.1) is 13.8 Å². The summed E-state index contributed by atoms with van der Waals surface area (Å²) in [5.74, 6) is 5.53. The Morgan fingerprint density at radius 1 is 1.40 bits per heavy atom. The standard InChI is InChI=1S/C11H18N4/c1-7(2)5-11(13-12)10-6-8(3)14-15-9(10)4/h5-6,11,13H,12H2,1-4H3. The first kappa shape index (κ1) is 11.8. The molecule has 4 nitrogen and oxygen atoms in total. The molecular formula is C11H18N4. The van der Waals surface area contributed by atoms with Gasteiger partial charge in [-0.25, -0.2) is 5.43 Å². The van der Waals surface area contributed by atoms with Crippen molar-refractivity contribution in [1.82, 2.24) is 15.6 Å². The number of hydrazine groups is 1. The van der Waals surface area contributed by atoms with Crippen molar-refractivity contribution in [2.75, 3.05) is 0 Å². The van der Waals surface area contributed by atoms with Gasteiger partial charge in [0.05, 0.1) is 17.4 Å². The Morgan fingerprint density at radius 2 is 2.07 bits per heavy atom. The molecule has 0 aliphatic heterocycles. The largest absolute Gasteiger partial charge is 0.271 e. The first-order chi connectivity index (χ1) is 7.04. The average Bonchev–Trinajstić information content (AvgIpc) is 2.18. The third kappa shape index (κ3) is 3.11. The van der Waals surface area contributed by atoms with Gasteiger partial charge in [-0.3, -0.25) is 5.84 Å². The highest BCUT2D eigenvalue weighted by Gasteiger charge is 2.10. The maximum Gasteiger partial charge on any atom is 0.0662 e. The van der Waals surface area contributed by atoms with Crippen LogP contribution < -0.4 is 11.3 Å². The first-order valence-electron chi connectivity index (χ1n) is 4.96. The van der Waals surface area contributed by atoms with E-state index in [0.717, 1.165) is 17.0 Å². The lowest BCUT2D eigenvalue weighted by Crippen LogP contribution is -2.27. The lowest BCUT2D eigenvalue weighted by Gasteiger charge is -2.14. The van der Waals surface area contributed by atoms with Gasteiger partial charge < -0.3 is 0 Å². The van der Waals surface area contributed by atoms with Crippen LogP contribution in [0.4, 0.5) is 0 Å². The molecule has 0 saturated carbocycles. The zero-order chi connectivity index (χ0) is 11.4. The van der Waals surface area contributed by atoms with Crippen LogP contribution in [0.15, 0.2) is 17.7 Å². The predicted octanol–water partition coefficient (Wildman–Crippen LogP) is 1.56. The summed E-state index contributed by atoms with van der Waals surface area (Å²) in [6.45, 7) is 7.94. The molecule has 0 bridgehead atoms. The predicted molar refractivity (Wildman–Crippen MR) is 61.0 cm³/mol. The van der Waals surface area contributed by atoms with Crippen molar-refractivity contribution >= 4 is 0 Å². The Balaban J connectivity index is 3.11. The molecule has 1 unspecified atom stereocenters. The molecule has 1 atom stereocenters. The average molecular weight is 206 g/mol. The van der Waals surface area contributed by atoms with Gasteiger partial charge >= 0.3 is 0 Å². The Hall–Kier alpha value is -1.26. The highest BCUT2D eigenvalue weighted by atomic mass is 15.2. The van der Waals surface area contributed by atoms with Crippen LogP contribution in [0.2, 0.25) is 0 Å². The van der Waals surface area contributed by atoms with Crippen LogP contribution >= 0.6 is 0 Å². The third-order valence-electron chi connectivity index (χ3n) is 2.15. The van der Waals surface area contributed by atoms with Crippen molar-refractivity contribution in [3.8, 4) is 0 Å². The fourth-order valence-corrected chi connectivity index (χ4v) is 1.45. The highest BCUT2D eigenvalue weighted by molar-refractivity contribution is 5.27. The summed E-state index contributed by atoms with van der Waals surface area (Å²) >= 11 is 0. The first-order valence-corrected chi connectivity index (χ1v) is 4.96. The van der Waals surface area contributed by atoms with Gasteiger partial charge in [0.1, 0.15) is 0 Å². The topological polar surface area (TPSA) is 63.8 Å². The number of nitrogens with one attached hydrogen (secondary N) is 1. The molecule has 0 radical (unpaired) electrons. The van der Waals surface area contributed by atoms with Crippen molar-refractivity contribution in [3.05, 3.63) is 34.7 Å². The van der Waals surface area contributed by atoms with E-state index in [1.165, 1.54) is 5.57 Å². The Bertz CT molecular complexity index is 367. The van der Waals surface area contributed by atoms with Crippen molar-refractivity contribution < 1.29 is 0 Å². The van der Waals surface area contributed by atoms with Crippen LogP contribution in [0.3, 0.4) is 0 Å². The Morgan fingerprint density at radius 3 is 2.60 bits per heavy atom. The summed E-state index contributed by atoms with van der Waals surface area (Å²) in [6, 6.07) is 2.01. The molecule has 0 fully saturated rings. The van der Waals surface area contributed by atoms with Crippen LogP contribution in [-0.2, 0) is 0 Å². The van der Waals surface area contributed by atoms with Gasteiger partial charge in [-0.05, 0) is 39.3 Å². The molecule has 3 N–H and O–H groups in total. The SMILES string of the molecule is CC(C)=CC(NN)c1cc(C)nnc1C. The van der Waals surface area contributed by atoms with Gasteiger partial charge in [0, 0.05) is 0 Å². The van der Waals surface area contributed by atoms with E-state index in [1.807, 2.05) is 33.8 Å². The summed E-state index contributed by atoms with van der Waals surface area (Å²) < 4.78 is 0. The normalized spacial score (nSPS) is 12.3. The highest BCUT2D eigenvalue weighted by Crippen LogP contribution is 2.18. The van der Waals surface area contributed by atoms with E-state index >= 15 is 0 Å². The molecule has 0 aromatic carbocycles. The molecule has 4 heteroatoms.